The van der Waals surface area contributed by atoms with Crippen LogP contribution in [0.1, 0.15) is 5.56 Å². The molecule has 0 aliphatic carbocycles. The van der Waals surface area contributed by atoms with Crippen LogP contribution in [0, 0.1) is 0 Å². The lowest BCUT2D eigenvalue weighted by atomic mass is 9.26. The molecule has 1 atom stereocenters. The molecule has 0 aliphatic rings. The van der Waals surface area contributed by atoms with E-state index in [4.69, 9.17) is 20.9 Å². The fourth-order valence-corrected chi connectivity index (χ4v) is 1.19. The smallest absolute Gasteiger partial charge is 0.423 e. The molecule has 0 spiro atoms. The summed E-state index contributed by atoms with van der Waals surface area (Å²) in [7, 11) is -1.43. The summed E-state index contributed by atoms with van der Waals surface area (Å²) < 4.78 is 0. The molecule has 0 aromatic heterocycles. The van der Waals surface area contributed by atoms with E-state index in [2.05, 4.69) is 0 Å². The second-order valence-electron chi connectivity index (χ2n) is 3.26. The lowest BCUT2D eigenvalue weighted by Crippen LogP contribution is -2.30. The van der Waals surface area contributed by atoms with Crippen LogP contribution in [0.5, 0.6) is 0 Å². The number of rotatable bonds is 4. The maximum Gasteiger partial charge on any atom is 0.488 e. The monoisotopic (exact) mass is 194 g/mol. The summed E-state index contributed by atoms with van der Waals surface area (Å²) in [6.07, 6.45) is 0.582. The van der Waals surface area contributed by atoms with Crippen LogP contribution in [0.25, 0.3) is 0 Å². The Bertz CT molecular complexity index is 276. The molecule has 0 unspecified atom stereocenters. The Kier molecular flexibility index (Phi) is 4.09. The minimum absolute atomic E-state index is 0.0512. The normalized spacial score (nSPS) is 12.6. The Labute approximate surface area is 83.1 Å². The van der Waals surface area contributed by atoms with E-state index in [-0.39, 0.29) is 12.6 Å². The van der Waals surface area contributed by atoms with Crippen molar-refractivity contribution in [1.82, 2.24) is 0 Å². The molecule has 1 rings (SSSR count). The molecule has 0 aliphatic heterocycles. The number of hydrogen-bond acceptors (Lipinski definition) is 4. The molecule has 4 nitrogen and oxygen atoms in total. The summed E-state index contributed by atoms with van der Waals surface area (Å²) in [6.45, 7) is -0.0512. The number of aliphatic hydroxyl groups excluding tert-OH is 1. The largest absolute Gasteiger partial charge is 0.488 e. The summed E-state index contributed by atoms with van der Waals surface area (Å²) >= 11 is 0. The van der Waals surface area contributed by atoms with Crippen LogP contribution in [0.2, 0.25) is 0 Å². The highest BCUT2D eigenvalue weighted by Gasteiger charge is 2.10. The minimum atomic E-state index is -1.43. The molecule has 14 heavy (non-hydrogen) atoms. The third kappa shape index (κ3) is 3.12. The van der Waals surface area contributed by atoms with Crippen molar-refractivity contribution in [3.8, 4) is 0 Å². The molecule has 0 heterocycles. The zero-order valence-corrected chi connectivity index (χ0v) is 7.80. The molecule has 5 N–H and O–H groups in total. The zero-order chi connectivity index (χ0) is 10.6. The minimum Gasteiger partial charge on any atom is -0.423 e. The van der Waals surface area contributed by atoms with Gasteiger partial charge in [0.05, 0.1) is 6.61 Å². The van der Waals surface area contributed by atoms with Gasteiger partial charge in [0.1, 0.15) is 0 Å². The van der Waals surface area contributed by atoms with E-state index in [0.717, 1.165) is 5.56 Å². The summed E-state index contributed by atoms with van der Waals surface area (Å²) in [4.78, 5) is 0. The predicted octanol–water partition coefficient (Wildman–Crippen LogP) is -1.77. The molecular weight excluding hydrogens is 180 g/mol. The van der Waals surface area contributed by atoms with Gasteiger partial charge in [-0.05, 0) is 17.4 Å². The van der Waals surface area contributed by atoms with E-state index in [1.807, 2.05) is 0 Å². The average molecular weight is 194 g/mol. The first-order valence-corrected chi connectivity index (χ1v) is 4.45. The van der Waals surface area contributed by atoms with Gasteiger partial charge in [0, 0.05) is 6.04 Å². The van der Waals surface area contributed by atoms with Crippen LogP contribution >= 0.6 is 0 Å². The Morgan fingerprint density at radius 3 is 2.21 bits per heavy atom. The van der Waals surface area contributed by atoms with E-state index in [1.165, 1.54) is 0 Å². The van der Waals surface area contributed by atoms with E-state index in [1.54, 1.807) is 24.3 Å². The summed E-state index contributed by atoms with van der Waals surface area (Å²) in [5.74, 6) is 0. The molecule has 1 aromatic carbocycles. The van der Waals surface area contributed by atoms with Crippen molar-refractivity contribution in [3.63, 3.8) is 0 Å². The summed E-state index contributed by atoms with van der Waals surface area (Å²) in [5.41, 5.74) is 6.97. The van der Waals surface area contributed by atoms with E-state index >= 15 is 0 Å². The molecule has 0 saturated heterocycles. The number of nitrogens with two attached hydrogens (primary N) is 1. The van der Waals surface area contributed by atoms with Gasteiger partial charge in [-0.3, -0.25) is 0 Å². The third-order valence-corrected chi connectivity index (χ3v) is 2.01. The maximum absolute atomic E-state index is 8.83. The summed E-state index contributed by atoms with van der Waals surface area (Å²) in [5, 5.41) is 26.4. The van der Waals surface area contributed by atoms with Crippen molar-refractivity contribution in [3.05, 3.63) is 29.8 Å². The highest BCUT2D eigenvalue weighted by Crippen LogP contribution is 2.00. The van der Waals surface area contributed by atoms with Gasteiger partial charge in [0.2, 0.25) is 0 Å². The fourth-order valence-electron chi connectivity index (χ4n) is 1.19. The lowest BCUT2D eigenvalue weighted by Gasteiger charge is -2.08. The molecule has 0 amide bonds. The van der Waals surface area contributed by atoms with Crippen LogP contribution < -0.4 is 11.2 Å². The van der Waals surface area contributed by atoms with Gasteiger partial charge >= 0.3 is 7.12 Å². The van der Waals surface area contributed by atoms with Crippen LogP contribution in [0.3, 0.4) is 0 Å². The number of benzene rings is 1. The van der Waals surface area contributed by atoms with Crippen LogP contribution in [0.4, 0.5) is 0 Å². The molecule has 0 bridgehead atoms. The first-order chi connectivity index (χ1) is 6.63. The maximum atomic E-state index is 8.83. The molecule has 76 valence electrons. The summed E-state index contributed by atoms with van der Waals surface area (Å²) in [6, 6.07) is 6.53. The molecule has 5 heteroatoms. The standard InChI is InChI=1S/C9H14BNO3/c11-9(6-12)5-7-1-3-8(4-2-7)10(13)14/h1-4,9,12-14H,5-6,11H2/t9-/m0/s1/i10-1. The van der Waals surface area contributed by atoms with Gasteiger partial charge in [-0.15, -0.1) is 0 Å². The van der Waals surface area contributed by atoms with Crippen molar-refractivity contribution in [2.24, 2.45) is 5.73 Å². The van der Waals surface area contributed by atoms with Crippen LogP contribution in [0.15, 0.2) is 24.3 Å². The predicted molar refractivity (Wildman–Crippen MR) is 55.0 cm³/mol. The van der Waals surface area contributed by atoms with Crippen molar-refractivity contribution in [2.45, 2.75) is 12.5 Å². The van der Waals surface area contributed by atoms with Gasteiger partial charge in [0.25, 0.3) is 0 Å². The Morgan fingerprint density at radius 1 is 1.21 bits per heavy atom. The Morgan fingerprint density at radius 2 is 1.79 bits per heavy atom. The Hall–Kier alpha value is -0.875. The van der Waals surface area contributed by atoms with Crippen LogP contribution in [-0.2, 0) is 6.42 Å². The van der Waals surface area contributed by atoms with Gasteiger partial charge in [0.15, 0.2) is 0 Å². The number of aliphatic hydroxyl groups is 1. The van der Waals surface area contributed by atoms with E-state index in [9.17, 15) is 0 Å². The van der Waals surface area contributed by atoms with Gasteiger partial charge in [-0.2, -0.15) is 0 Å². The van der Waals surface area contributed by atoms with Crippen molar-refractivity contribution < 1.29 is 15.2 Å². The SMILES string of the molecule is N[C@H](CO)Cc1ccc([10B](O)O)cc1. The molecular formula is C9H14BNO3. The van der Waals surface area contributed by atoms with Crippen LogP contribution in [-0.4, -0.2) is 34.9 Å². The van der Waals surface area contributed by atoms with E-state index < -0.39 is 7.12 Å². The van der Waals surface area contributed by atoms with Gasteiger partial charge in [-0.25, -0.2) is 0 Å². The van der Waals surface area contributed by atoms with Crippen molar-refractivity contribution in [2.75, 3.05) is 6.61 Å². The average Bonchev–Trinajstić information content (AvgIpc) is 2.18. The molecule has 1 aromatic rings. The van der Waals surface area contributed by atoms with Gasteiger partial charge < -0.3 is 20.9 Å². The molecule has 0 fully saturated rings. The van der Waals surface area contributed by atoms with Crippen molar-refractivity contribution in [1.29, 1.82) is 0 Å². The van der Waals surface area contributed by atoms with Crippen molar-refractivity contribution >= 4 is 12.6 Å². The van der Waals surface area contributed by atoms with E-state index in [0.29, 0.717) is 11.9 Å². The third-order valence-electron chi connectivity index (χ3n) is 2.01. The lowest BCUT2D eigenvalue weighted by molar-refractivity contribution is 0.265. The van der Waals surface area contributed by atoms with Gasteiger partial charge in [-0.1, -0.05) is 24.3 Å². The second-order valence-corrected chi connectivity index (χ2v) is 3.26. The quantitative estimate of drug-likeness (QED) is 0.427. The first-order valence-electron chi connectivity index (χ1n) is 4.45. The topological polar surface area (TPSA) is 86.7 Å². The fraction of sp³-hybridized carbons (Fsp3) is 0.333. The molecule has 0 saturated carbocycles. The zero-order valence-electron chi connectivity index (χ0n) is 7.80. The Balaban J connectivity index is 2.64. The first kappa shape index (κ1) is 11.2. The second kappa shape index (κ2) is 5.12. The molecule has 0 radical (unpaired) electrons. The highest BCUT2D eigenvalue weighted by atomic mass is 16.3. The highest BCUT2D eigenvalue weighted by molar-refractivity contribution is 6.58. The number of hydrogen-bond donors (Lipinski definition) is 4.